The van der Waals surface area contributed by atoms with Gasteiger partial charge in [-0.05, 0) is 23.5 Å². The molecule has 4 heterocycles. The third-order valence-corrected chi connectivity index (χ3v) is 6.46. The number of benzene rings is 1. The molecule has 0 radical (unpaired) electrons. The van der Waals surface area contributed by atoms with Gasteiger partial charge in [0.2, 0.25) is 0 Å². The van der Waals surface area contributed by atoms with E-state index in [1.54, 1.807) is 0 Å². The molecule has 1 fully saturated rings. The summed E-state index contributed by atoms with van der Waals surface area (Å²) in [5, 5.41) is 9.78. The van der Waals surface area contributed by atoms with Gasteiger partial charge < -0.3 is 16.4 Å². The van der Waals surface area contributed by atoms with Crippen LogP contribution in [0.4, 0.5) is 14.6 Å². The van der Waals surface area contributed by atoms with Gasteiger partial charge in [-0.2, -0.15) is 5.10 Å². The van der Waals surface area contributed by atoms with Gasteiger partial charge in [-0.25, -0.2) is 18.7 Å². The number of fused-ring (bicyclic) bond motifs is 1. The van der Waals surface area contributed by atoms with Crippen molar-refractivity contribution in [3.63, 3.8) is 0 Å². The maximum Gasteiger partial charge on any atom is 0.274 e. The SMILES string of the molecule is CC1(C)Cc2c(-c3cccc(-c4cnc(N)c(C(=O)N[C@@H]5CNCCC5(F)F)n4)c3)cnn2C1. The van der Waals surface area contributed by atoms with Gasteiger partial charge in [-0.3, -0.25) is 9.48 Å². The van der Waals surface area contributed by atoms with Crippen LogP contribution in [0.3, 0.4) is 0 Å². The number of aromatic nitrogens is 4. The Morgan fingerprint density at radius 1 is 1.26 bits per heavy atom. The molecule has 1 aromatic carbocycles. The number of halogens is 2. The van der Waals surface area contributed by atoms with Crippen LogP contribution in [0.1, 0.15) is 36.5 Å². The minimum absolute atomic E-state index is 0.0272. The molecule has 8 nitrogen and oxygen atoms in total. The lowest BCUT2D eigenvalue weighted by Crippen LogP contribution is -2.57. The second kappa shape index (κ2) is 8.12. The van der Waals surface area contributed by atoms with Crippen molar-refractivity contribution in [3.05, 3.63) is 48.0 Å². The molecule has 1 saturated heterocycles. The Balaban J connectivity index is 1.43. The molecule has 5 rings (SSSR count). The standard InChI is InChI=1S/C24H27F2N7O/c1-23(2)9-18-16(10-30-33(18)13-23)14-4-3-5-15(8-14)17-11-29-21(27)20(31-17)22(34)32-19-12-28-7-6-24(19,25)26/h3-5,8,10-11,19,28H,6-7,9,12-13H2,1-2H3,(H2,27,29)(H,32,34)/t19-/m1/s1. The molecule has 2 aromatic heterocycles. The van der Waals surface area contributed by atoms with E-state index in [0.29, 0.717) is 5.69 Å². The third kappa shape index (κ3) is 4.13. The van der Waals surface area contributed by atoms with E-state index < -0.39 is 17.9 Å². The minimum atomic E-state index is -3.00. The summed E-state index contributed by atoms with van der Waals surface area (Å²) in [6.07, 6.45) is 3.93. The highest BCUT2D eigenvalue weighted by atomic mass is 19.3. The Labute approximate surface area is 196 Å². The van der Waals surface area contributed by atoms with Crippen molar-refractivity contribution < 1.29 is 13.6 Å². The van der Waals surface area contributed by atoms with Crippen LogP contribution in [0.25, 0.3) is 22.4 Å². The summed E-state index contributed by atoms with van der Waals surface area (Å²) < 4.78 is 30.4. The summed E-state index contributed by atoms with van der Waals surface area (Å²) in [5.41, 5.74) is 10.3. The molecule has 2 aliphatic heterocycles. The van der Waals surface area contributed by atoms with Gasteiger partial charge in [0, 0.05) is 42.9 Å². The number of nitrogen functional groups attached to an aromatic ring is 1. The molecule has 1 amide bonds. The van der Waals surface area contributed by atoms with Crippen molar-refractivity contribution >= 4 is 11.7 Å². The number of hydrogen-bond acceptors (Lipinski definition) is 6. The summed E-state index contributed by atoms with van der Waals surface area (Å²) >= 11 is 0. The van der Waals surface area contributed by atoms with Crippen LogP contribution >= 0.6 is 0 Å². The van der Waals surface area contributed by atoms with Crippen LogP contribution < -0.4 is 16.4 Å². The Hall–Kier alpha value is -3.40. The zero-order valence-corrected chi connectivity index (χ0v) is 19.1. The second-order valence-electron chi connectivity index (χ2n) is 9.81. The van der Waals surface area contributed by atoms with Crippen molar-refractivity contribution in [2.24, 2.45) is 5.41 Å². The molecule has 0 aliphatic carbocycles. The summed E-state index contributed by atoms with van der Waals surface area (Å²) in [4.78, 5) is 21.3. The Morgan fingerprint density at radius 2 is 2.06 bits per heavy atom. The quantitative estimate of drug-likeness (QED) is 0.544. The average molecular weight is 468 g/mol. The van der Waals surface area contributed by atoms with Crippen LogP contribution in [0, 0.1) is 5.41 Å². The first kappa shape index (κ1) is 22.4. The van der Waals surface area contributed by atoms with E-state index in [1.165, 1.54) is 11.9 Å². The van der Waals surface area contributed by atoms with Crippen molar-refractivity contribution in [1.29, 1.82) is 0 Å². The van der Waals surface area contributed by atoms with E-state index in [2.05, 4.69) is 39.5 Å². The van der Waals surface area contributed by atoms with E-state index in [0.717, 1.165) is 29.7 Å². The summed E-state index contributed by atoms with van der Waals surface area (Å²) in [6, 6.07) is 6.39. The number of nitrogens with one attached hydrogen (secondary N) is 2. The van der Waals surface area contributed by atoms with E-state index in [9.17, 15) is 13.6 Å². The summed E-state index contributed by atoms with van der Waals surface area (Å²) in [7, 11) is 0. The fourth-order valence-corrected chi connectivity index (χ4v) is 4.65. The van der Waals surface area contributed by atoms with Crippen LogP contribution in [-0.2, 0) is 13.0 Å². The molecular weight excluding hydrogens is 440 g/mol. The molecule has 0 saturated carbocycles. The molecule has 34 heavy (non-hydrogen) atoms. The predicted molar refractivity (Wildman–Crippen MR) is 124 cm³/mol. The minimum Gasteiger partial charge on any atom is -0.382 e. The number of nitrogens with two attached hydrogens (primary N) is 1. The molecule has 1 atom stereocenters. The number of amides is 1. The van der Waals surface area contributed by atoms with E-state index in [1.807, 2.05) is 35.1 Å². The van der Waals surface area contributed by atoms with Crippen molar-refractivity contribution in [3.8, 4) is 22.4 Å². The zero-order chi connectivity index (χ0) is 24.1. The first-order valence-corrected chi connectivity index (χ1v) is 11.3. The van der Waals surface area contributed by atoms with Crippen LogP contribution in [0.5, 0.6) is 0 Å². The smallest absolute Gasteiger partial charge is 0.274 e. The van der Waals surface area contributed by atoms with Crippen LogP contribution in [-0.4, -0.2) is 50.7 Å². The number of piperidine rings is 1. The van der Waals surface area contributed by atoms with Gasteiger partial charge >= 0.3 is 0 Å². The number of hydrogen-bond donors (Lipinski definition) is 3. The lowest BCUT2D eigenvalue weighted by molar-refractivity contribution is -0.0543. The highest BCUT2D eigenvalue weighted by Crippen LogP contribution is 2.37. The predicted octanol–water partition coefficient (Wildman–Crippen LogP) is 2.90. The Morgan fingerprint density at radius 3 is 2.85 bits per heavy atom. The number of carbonyl (C=O) groups excluding carboxylic acids is 1. The molecule has 3 aromatic rings. The number of anilines is 1. The van der Waals surface area contributed by atoms with Gasteiger partial charge in [-0.1, -0.05) is 32.0 Å². The lowest BCUT2D eigenvalue weighted by atomic mass is 9.89. The van der Waals surface area contributed by atoms with Crippen LogP contribution in [0.15, 0.2) is 36.7 Å². The Bertz CT molecular complexity index is 1250. The molecule has 0 spiro atoms. The summed E-state index contributed by atoms with van der Waals surface area (Å²) in [5.74, 6) is -3.88. The highest BCUT2D eigenvalue weighted by Gasteiger charge is 2.42. The van der Waals surface area contributed by atoms with E-state index in [4.69, 9.17) is 5.73 Å². The summed E-state index contributed by atoms with van der Waals surface area (Å²) in [6.45, 7) is 5.49. The number of rotatable bonds is 4. The van der Waals surface area contributed by atoms with Crippen LogP contribution in [0.2, 0.25) is 0 Å². The zero-order valence-electron chi connectivity index (χ0n) is 19.1. The largest absolute Gasteiger partial charge is 0.382 e. The molecular formula is C24H27F2N7O. The number of carbonyl (C=O) groups is 1. The van der Waals surface area contributed by atoms with Gasteiger partial charge in [0.05, 0.1) is 18.1 Å². The van der Waals surface area contributed by atoms with Gasteiger partial charge in [-0.15, -0.1) is 0 Å². The second-order valence-corrected chi connectivity index (χ2v) is 9.81. The van der Waals surface area contributed by atoms with Crippen molar-refractivity contribution in [2.45, 2.75) is 45.2 Å². The normalized spacial score (nSPS) is 20.6. The van der Waals surface area contributed by atoms with Gasteiger partial charge in [0.15, 0.2) is 11.5 Å². The maximum absolute atomic E-state index is 14.2. The first-order valence-electron chi connectivity index (χ1n) is 11.3. The first-order chi connectivity index (χ1) is 16.1. The van der Waals surface area contributed by atoms with Gasteiger partial charge in [0.25, 0.3) is 11.8 Å². The topological polar surface area (TPSA) is 111 Å². The fraction of sp³-hybridized carbons (Fsp3) is 0.417. The van der Waals surface area contributed by atoms with E-state index in [-0.39, 0.29) is 36.4 Å². The lowest BCUT2D eigenvalue weighted by Gasteiger charge is -2.32. The van der Waals surface area contributed by atoms with Crippen molar-refractivity contribution in [2.75, 3.05) is 18.8 Å². The number of nitrogens with zero attached hydrogens (tertiary/aromatic N) is 4. The monoisotopic (exact) mass is 467 g/mol. The highest BCUT2D eigenvalue weighted by molar-refractivity contribution is 5.97. The molecule has 4 N–H and O–H groups in total. The van der Waals surface area contributed by atoms with Gasteiger partial charge in [0.1, 0.15) is 6.04 Å². The molecule has 0 bridgehead atoms. The number of alkyl halides is 2. The van der Waals surface area contributed by atoms with Crippen molar-refractivity contribution in [1.82, 2.24) is 30.4 Å². The molecule has 178 valence electrons. The third-order valence-electron chi connectivity index (χ3n) is 6.46. The fourth-order valence-electron chi connectivity index (χ4n) is 4.65. The average Bonchev–Trinajstić information content (AvgIpc) is 3.30. The Kier molecular flexibility index (Phi) is 5.35. The van der Waals surface area contributed by atoms with E-state index >= 15 is 0 Å². The molecule has 0 unspecified atom stereocenters. The molecule has 2 aliphatic rings. The maximum atomic E-state index is 14.2. The molecule has 10 heteroatoms.